The van der Waals surface area contributed by atoms with Crippen molar-refractivity contribution in [3.8, 4) is 16.9 Å². The highest BCUT2D eigenvalue weighted by atomic mass is 19.4. The lowest BCUT2D eigenvalue weighted by Gasteiger charge is -2.23. The third-order valence-corrected chi connectivity index (χ3v) is 5.57. The van der Waals surface area contributed by atoms with Crippen LogP contribution in [0, 0.1) is 0 Å². The maximum absolute atomic E-state index is 12.9. The Morgan fingerprint density at radius 2 is 1.83 bits per heavy atom. The van der Waals surface area contributed by atoms with E-state index in [-0.39, 0.29) is 17.3 Å². The van der Waals surface area contributed by atoms with E-state index < -0.39 is 24.1 Å². The Morgan fingerprint density at radius 3 is 2.43 bits per heavy atom. The summed E-state index contributed by atoms with van der Waals surface area (Å²) in [6.07, 6.45) is 0.636. The fourth-order valence-corrected chi connectivity index (χ4v) is 3.88. The summed E-state index contributed by atoms with van der Waals surface area (Å²) in [6, 6.07) is 6.39. The molecule has 0 aliphatic carbocycles. The number of aromatic nitrogens is 3. The van der Waals surface area contributed by atoms with Gasteiger partial charge < -0.3 is 25.0 Å². The summed E-state index contributed by atoms with van der Waals surface area (Å²) in [4.78, 5) is 29.4. The van der Waals surface area contributed by atoms with Crippen LogP contribution in [0.1, 0.15) is 10.4 Å². The van der Waals surface area contributed by atoms with Crippen LogP contribution in [0.2, 0.25) is 0 Å². The average Bonchev–Trinajstić information content (AvgIpc) is 3.21. The van der Waals surface area contributed by atoms with Crippen LogP contribution in [-0.4, -0.2) is 76.6 Å². The van der Waals surface area contributed by atoms with Crippen molar-refractivity contribution in [3.63, 3.8) is 0 Å². The first-order valence-corrected chi connectivity index (χ1v) is 10.6. The normalized spacial score (nSPS) is 18.1. The van der Waals surface area contributed by atoms with E-state index in [4.69, 9.17) is 0 Å². The molecule has 1 amide bonds. The summed E-state index contributed by atoms with van der Waals surface area (Å²) in [7, 11) is 3.79. The molecule has 2 aromatic heterocycles. The molecular weight excluding hydrogens is 465 g/mol. The zero-order valence-corrected chi connectivity index (χ0v) is 18.9. The van der Waals surface area contributed by atoms with Crippen LogP contribution < -0.4 is 15.0 Å². The van der Waals surface area contributed by atoms with Crippen LogP contribution in [0.3, 0.4) is 0 Å². The van der Waals surface area contributed by atoms with Gasteiger partial charge in [0, 0.05) is 48.5 Å². The van der Waals surface area contributed by atoms with Gasteiger partial charge in [-0.25, -0.2) is 15.0 Å². The van der Waals surface area contributed by atoms with Crippen LogP contribution in [-0.2, 0) is 0 Å². The van der Waals surface area contributed by atoms with E-state index >= 15 is 0 Å². The van der Waals surface area contributed by atoms with Gasteiger partial charge in [0.2, 0.25) is 0 Å². The van der Waals surface area contributed by atoms with E-state index in [0.29, 0.717) is 30.0 Å². The number of aliphatic hydroxyl groups excluding tert-OH is 1. The van der Waals surface area contributed by atoms with E-state index in [9.17, 15) is 23.1 Å². The molecule has 0 bridgehead atoms. The van der Waals surface area contributed by atoms with Gasteiger partial charge in [-0.2, -0.15) is 0 Å². The lowest BCUT2D eigenvalue weighted by Crippen LogP contribution is -2.38. The molecule has 2 unspecified atom stereocenters. The molecule has 0 saturated carbocycles. The molecular formula is C23H23F3N6O3. The Bertz CT molecular complexity index is 1180. The number of likely N-dealkylation sites (N-methyl/N-ethyl adjacent to an activating group) is 1. The number of benzene rings is 1. The van der Waals surface area contributed by atoms with Crippen molar-refractivity contribution in [1.29, 1.82) is 0 Å². The third-order valence-electron chi connectivity index (χ3n) is 5.57. The van der Waals surface area contributed by atoms with Crippen LogP contribution >= 0.6 is 0 Å². The van der Waals surface area contributed by atoms with E-state index in [1.54, 1.807) is 18.5 Å². The second kappa shape index (κ2) is 9.84. The van der Waals surface area contributed by atoms with Crippen molar-refractivity contribution in [3.05, 3.63) is 60.8 Å². The monoisotopic (exact) mass is 488 g/mol. The largest absolute Gasteiger partial charge is 0.573 e. The summed E-state index contributed by atoms with van der Waals surface area (Å²) in [6.45, 7) is 0.911. The zero-order chi connectivity index (χ0) is 25.2. The molecule has 35 heavy (non-hydrogen) atoms. The van der Waals surface area contributed by atoms with Crippen molar-refractivity contribution in [2.45, 2.75) is 18.5 Å². The van der Waals surface area contributed by atoms with Crippen molar-refractivity contribution >= 4 is 17.4 Å². The molecule has 3 aromatic rings. The van der Waals surface area contributed by atoms with Gasteiger partial charge >= 0.3 is 6.36 Å². The Labute approximate surface area is 199 Å². The van der Waals surface area contributed by atoms with Gasteiger partial charge in [0.1, 0.15) is 17.9 Å². The van der Waals surface area contributed by atoms with Crippen LogP contribution in [0.15, 0.2) is 55.2 Å². The fraction of sp³-hybridized carbons (Fsp3) is 0.304. The Morgan fingerprint density at radius 1 is 1.14 bits per heavy atom. The smallest absolute Gasteiger partial charge is 0.406 e. The van der Waals surface area contributed by atoms with E-state index in [0.717, 1.165) is 12.1 Å². The highest BCUT2D eigenvalue weighted by Gasteiger charge is 2.35. The molecule has 1 aliphatic heterocycles. The van der Waals surface area contributed by atoms with Crippen LogP contribution in [0.4, 0.5) is 24.7 Å². The number of ether oxygens (including phenoxy) is 1. The summed E-state index contributed by atoms with van der Waals surface area (Å²) < 4.78 is 40.9. The lowest BCUT2D eigenvalue weighted by atomic mass is 10.1. The number of hydrogen-bond donors (Lipinski definition) is 2. The first-order valence-electron chi connectivity index (χ1n) is 10.6. The number of pyridine rings is 1. The predicted octanol–water partition coefficient (Wildman–Crippen LogP) is 2.80. The zero-order valence-electron chi connectivity index (χ0n) is 18.9. The second-order valence-electron chi connectivity index (χ2n) is 8.25. The molecule has 0 spiro atoms. The molecule has 4 rings (SSSR count). The Balaban J connectivity index is 1.59. The topological polar surface area (TPSA) is 104 Å². The number of rotatable bonds is 6. The maximum Gasteiger partial charge on any atom is 0.573 e. The molecule has 1 aliphatic rings. The lowest BCUT2D eigenvalue weighted by molar-refractivity contribution is -0.274. The number of hydrogen-bond acceptors (Lipinski definition) is 8. The van der Waals surface area contributed by atoms with Gasteiger partial charge in [0.25, 0.3) is 5.91 Å². The van der Waals surface area contributed by atoms with E-state index in [1.807, 2.05) is 23.9 Å². The number of carbonyl (C=O) groups excluding carboxylic acids is 1. The number of aliphatic hydroxyl groups is 1. The number of nitrogens with one attached hydrogen (secondary N) is 1. The minimum absolute atomic E-state index is 0.0797. The highest BCUT2D eigenvalue weighted by Crippen LogP contribution is 2.32. The molecule has 12 heteroatoms. The SMILES string of the molecule is CN(C)C1CN(c2ncc(C(=O)Nc3ccc(OC(F)(F)F)cc3)cc2-c2cncnc2)CC1O. The molecule has 0 radical (unpaired) electrons. The molecule has 184 valence electrons. The van der Waals surface area contributed by atoms with Crippen LogP contribution in [0.5, 0.6) is 5.75 Å². The van der Waals surface area contributed by atoms with E-state index in [1.165, 1.54) is 24.7 Å². The number of alkyl halides is 3. The Kier molecular flexibility index (Phi) is 6.85. The first-order chi connectivity index (χ1) is 16.6. The number of carbonyl (C=O) groups is 1. The van der Waals surface area contributed by atoms with Gasteiger partial charge in [-0.15, -0.1) is 13.2 Å². The maximum atomic E-state index is 12.9. The predicted molar refractivity (Wildman–Crippen MR) is 122 cm³/mol. The number of β-amino-alcohol motifs (C(OH)–C–C–N with tert-alkyl or cyclic N) is 1. The first kappa shape index (κ1) is 24.4. The average molecular weight is 488 g/mol. The Hall–Kier alpha value is -3.77. The minimum atomic E-state index is -4.80. The standard InChI is InChI=1S/C23H23F3N6O3/c1-31(2)19-11-32(12-20(19)33)21-18(15-8-27-13-28-9-15)7-14(10-29-21)22(34)30-16-3-5-17(6-4-16)35-23(24,25)26/h3-10,13,19-20,33H,11-12H2,1-2H3,(H,30,34). The summed E-state index contributed by atoms with van der Waals surface area (Å²) in [5.41, 5.74) is 1.77. The quantitative estimate of drug-likeness (QED) is 0.546. The number of anilines is 2. The number of nitrogens with zero attached hydrogens (tertiary/aromatic N) is 5. The van der Waals surface area contributed by atoms with Crippen LogP contribution in [0.25, 0.3) is 11.1 Å². The second-order valence-corrected chi connectivity index (χ2v) is 8.25. The molecule has 1 fully saturated rings. The third kappa shape index (κ3) is 5.84. The summed E-state index contributed by atoms with van der Waals surface area (Å²) >= 11 is 0. The summed E-state index contributed by atoms with van der Waals surface area (Å²) in [5.74, 6) is -0.315. The molecule has 2 atom stereocenters. The molecule has 1 saturated heterocycles. The molecule has 2 N–H and O–H groups in total. The minimum Gasteiger partial charge on any atom is -0.406 e. The van der Waals surface area contributed by atoms with Gasteiger partial charge in [-0.1, -0.05) is 0 Å². The molecule has 3 heterocycles. The van der Waals surface area contributed by atoms with Crippen molar-refractivity contribution in [1.82, 2.24) is 19.9 Å². The van der Waals surface area contributed by atoms with Crippen molar-refractivity contribution in [2.24, 2.45) is 0 Å². The fourth-order valence-electron chi connectivity index (χ4n) is 3.88. The molecule has 1 aromatic carbocycles. The highest BCUT2D eigenvalue weighted by molar-refractivity contribution is 6.05. The number of amides is 1. The van der Waals surface area contributed by atoms with Gasteiger partial charge in [0.15, 0.2) is 0 Å². The van der Waals surface area contributed by atoms with Crippen molar-refractivity contribution < 1.29 is 27.8 Å². The van der Waals surface area contributed by atoms with Crippen molar-refractivity contribution in [2.75, 3.05) is 37.4 Å². The summed E-state index contributed by atoms with van der Waals surface area (Å²) in [5, 5.41) is 13.1. The van der Waals surface area contributed by atoms with Gasteiger partial charge in [-0.05, 0) is 44.4 Å². The molecule has 9 nitrogen and oxygen atoms in total. The number of halogens is 3. The van der Waals surface area contributed by atoms with E-state index in [2.05, 4.69) is 25.0 Å². The van der Waals surface area contributed by atoms with Gasteiger partial charge in [-0.3, -0.25) is 4.79 Å². The van der Waals surface area contributed by atoms with Gasteiger partial charge in [0.05, 0.1) is 17.7 Å².